The van der Waals surface area contributed by atoms with Crippen LogP contribution in [0.3, 0.4) is 0 Å². The Balaban J connectivity index is 1.21. The zero-order valence-corrected chi connectivity index (χ0v) is 89.3. The van der Waals surface area contributed by atoms with E-state index in [4.69, 9.17) is 106 Å². The first-order valence-corrected chi connectivity index (χ1v) is 61.9. The van der Waals surface area contributed by atoms with Crippen molar-refractivity contribution < 1.29 is 138 Å². The number of ether oxygens (including phenoxy) is 14. The quantitative estimate of drug-likeness (QED) is 0.0308. The van der Waals surface area contributed by atoms with Crippen molar-refractivity contribution in [1.29, 1.82) is 0 Å². The lowest BCUT2D eigenvalue weighted by molar-refractivity contribution is -0.389. The van der Waals surface area contributed by atoms with Crippen molar-refractivity contribution in [1.82, 2.24) is 0 Å². The SMILES string of the molecule is NCCCCCCCCSC[C@H]1O[C@H]2O[C@H]3[C@H](O)[C@@H](O)[C@H](O[C@H]4[C@H](O)[C@@H](O)[C@H](O[C@H]5[C@H](O)[C@@H](O)[C@H](O[C@H]6[C@H](O)[C@@H](O)[C@H](O[C@H]7[C@H](O)[C@@H](O)[C@H](O[C@H]8[C@H](O)[C@@H](O)[C@H](O[C@H]1[C@H](O)[C@H]2O)O[C@@H]8CSCCCCCCCCN)O[C@@H]7CSCCCCCCCCN)O[C@@H]6CSCCCCCCCCN)O[C@@H]5CSCCCCCCCCN)O[C@@H]4CSCCCCCCCCN)O[C@@H]3CSCCCCCCCCN. The van der Waals surface area contributed by atoms with E-state index in [1.54, 1.807) is 0 Å². The van der Waals surface area contributed by atoms with Crippen molar-refractivity contribution in [2.75, 3.05) is 126 Å². The number of rotatable bonds is 70. The lowest BCUT2D eigenvalue weighted by Gasteiger charge is -2.50. The maximum absolute atomic E-state index is 12.8. The normalized spacial score (nSPS) is 35.9. The standard InChI is InChI=1S/C98H189N7O28S7/c99-43-29-15-1-8-22-36-50-134-57-64-85-71(106)78(113)92(120-64)128-86-65(58-135-51-37-23-9-2-16-30-44-100)122-94(80(115)73(86)108)130-88-67(60-137-53-39-25-11-4-18-32-46-102)124-96(82(117)75(88)110)132-90-69(62-139-55-41-27-13-6-20-34-48-104)126-98(84(119)77(90)112)133-91-70(63-140-56-42-28-14-7-21-35-49-105)125-97(83(118)76(91)111)131-89-68(61-138-54-40-26-12-5-19-33-47-103)123-95(81(116)74(89)109)129-87-66(121-93(127-85)79(114)72(87)107)59-136-52-38-24-10-3-17-31-45-101/h64-98,106-119H,1-63,99-105H2/t64-,65-,66-,67-,68-,69-,70-,71-,72-,73-,74-,75-,76-,77-,78-,79-,80-,81-,82-,83-,84-,85-,86-,87-,88-,89-,90-,91-,92+,93+,94+,95+,96+,97+,98+/m1/s1. The molecule has 0 aliphatic carbocycles. The summed E-state index contributed by atoms with van der Waals surface area (Å²) in [4.78, 5) is 0. The van der Waals surface area contributed by atoms with E-state index in [0.29, 0.717) is 86.1 Å². The molecule has 42 heteroatoms. The largest absolute Gasteiger partial charge is 0.387 e. The second-order valence-corrected chi connectivity index (χ2v) is 47.3. The first kappa shape index (κ1) is 126. The summed E-state index contributed by atoms with van der Waals surface area (Å²) >= 11 is 10.4. The van der Waals surface area contributed by atoms with E-state index in [0.717, 1.165) is 270 Å². The molecule has 21 heterocycles. The summed E-state index contributed by atoms with van der Waals surface area (Å²) in [6, 6.07) is 0. The van der Waals surface area contributed by atoms with E-state index in [9.17, 15) is 71.5 Å². The summed E-state index contributed by atoms with van der Waals surface area (Å²) in [5, 5.41) is 178. The van der Waals surface area contributed by atoms with Crippen molar-refractivity contribution >= 4 is 82.3 Å². The number of unbranched alkanes of at least 4 members (excludes halogenated alkanes) is 35. The molecule has 28 N–H and O–H groups in total. The highest BCUT2D eigenvalue weighted by Crippen LogP contribution is 2.43. The molecule has 0 amide bonds. The summed E-state index contributed by atoms with van der Waals surface area (Å²) in [5.41, 5.74) is 40.7. The van der Waals surface area contributed by atoms with Crippen molar-refractivity contribution in [2.24, 2.45) is 40.1 Å². The molecule has 0 unspecified atom stereocenters. The van der Waals surface area contributed by atoms with Crippen LogP contribution < -0.4 is 40.1 Å². The average Bonchev–Trinajstić information content (AvgIpc) is 0.826. The molecule has 0 aromatic heterocycles. The van der Waals surface area contributed by atoms with Gasteiger partial charge in [0.15, 0.2) is 44.0 Å². The Bertz CT molecular complexity index is 2500. The molecular formula is C98H189N7O28S7. The fourth-order valence-corrected chi connectivity index (χ4v) is 26.6. The van der Waals surface area contributed by atoms with Crippen LogP contribution in [0.1, 0.15) is 270 Å². The van der Waals surface area contributed by atoms with Gasteiger partial charge in [0.2, 0.25) is 0 Å². The molecule has 21 rings (SSSR count). The molecule has 14 bridgehead atoms. The summed E-state index contributed by atoms with van der Waals surface area (Å²) in [6.07, 6.45) is -18.6. The molecule has 0 saturated carbocycles. The number of hydrogen-bond acceptors (Lipinski definition) is 42. The number of hydrogen-bond donors (Lipinski definition) is 21. The fourth-order valence-electron chi connectivity index (χ4n) is 19.1. The van der Waals surface area contributed by atoms with Crippen LogP contribution in [0, 0.1) is 0 Å². The summed E-state index contributed by atoms with van der Waals surface area (Å²) in [5.74, 6) is 5.22. The van der Waals surface area contributed by atoms with E-state index in [1.165, 1.54) is 82.3 Å². The monoisotopic (exact) mass is 2140 g/mol. The zero-order chi connectivity index (χ0) is 101. The highest BCUT2D eigenvalue weighted by Gasteiger charge is 2.60. The summed E-state index contributed by atoms with van der Waals surface area (Å²) in [7, 11) is 0. The van der Waals surface area contributed by atoms with Gasteiger partial charge in [-0.25, -0.2) is 0 Å². The predicted molar refractivity (Wildman–Crippen MR) is 557 cm³/mol. The molecule has 21 aliphatic heterocycles. The smallest absolute Gasteiger partial charge is 0.187 e. The Hall–Kier alpha value is 1.05. The van der Waals surface area contributed by atoms with Gasteiger partial charge >= 0.3 is 0 Å². The van der Waals surface area contributed by atoms with E-state index in [2.05, 4.69) is 0 Å². The van der Waals surface area contributed by atoms with Gasteiger partial charge < -0.3 is 178 Å². The van der Waals surface area contributed by atoms with Crippen molar-refractivity contribution in [3.05, 3.63) is 0 Å². The van der Waals surface area contributed by atoms with Gasteiger partial charge in [-0.3, -0.25) is 0 Å². The molecule has 35 nitrogen and oxygen atoms in total. The average molecular weight is 2140 g/mol. The van der Waals surface area contributed by atoms with E-state index in [1.807, 2.05) is 0 Å². The van der Waals surface area contributed by atoms with Crippen molar-refractivity contribution in [3.8, 4) is 0 Å². The number of nitrogens with two attached hydrogens (primary N) is 7. The van der Waals surface area contributed by atoms with Crippen LogP contribution in [0.5, 0.6) is 0 Å². The van der Waals surface area contributed by atoms with Crippen LogP contribution in [0.2, 0.25) is 0 Å². The molecule has 0 spiro atoms. The van der Waals surface area contributed by atoms with E-state index >= 15 is 0 Å². The number of thioether (sulfide) groups is 7. The minimum atomic E-state index is -1.98. The minimum absolute atomic E-state index is 0.111. The van der Waals surface area contributed by atoms with Gasteiger partial charge in [0.1, 0.15) is 128 Å². The Morgan fingerprint density at radius 1 is 0.129 bits per heavy atom. The molecule has 0 aromatic carbocycles. The maximum atomic E-state index is 12.8. The van der Waals surface area contributed by atoms with Crippen LogP contribution in [-0.2, 0) is 66.3 Å². The molecule has 0 aromatic rings. The highest BCUT2D eigenvalue weighted by molar-refractivity contribution is 8.00. The molecule has 21 aliphatic rings. The topological polar surface area (TPSA) is 595 Å². The second-order valence-electron chi connectivity index (χ2n) is 39.3. The van der Waals surface area contributed by atoms with E-state index in [-0.39, 0.29) is 40.3 Å². The Morgan fingerprint density at radius 3 is 0.336 bits per heavy atom. The number of aliphatic hydroxyl groups excluding tert-OH is 14. The first-order valence-electron chi connectivity index (χ1n) is 53.8. The van der Waals surface area contributed by atoms with Gasteiger partial charge in [-0.2, -0.15) is 82.3 Å². The van der Waals surface area contributed by atoms with Crippen LogP contribution in [0.4, 0.5) is 0 Å². The van der Waals surface area contributed by atoms with Gasteiger partial charge in [-0.1, -0.05) is 180 Å². The molecule has 35 atom stereocenters. The molecule has 826 valence electrons. The van der Waals surface area contributed by atoms with Crippen molar-refractivity contribution in [2.45, 2.75) is 485 Å². The third-order valence-electron chi connectivity index (χ3n) is 27.7. The van der Waals surface area contributed by atoms with Gasteiger partial charge in [-0.05, 0) is 176 Å². The third-order valence-corrected chi connectivity index (χ3v) is 35.7. The Labute approximate surface area is 865 Å². The van der Waals surface area contributed by atoms with Crippen LogP contribution in [0.15, 0.2) is 0 Å². The first-order chi connectivity index (χ1) is 68.2. The Morgan fingerprint density at radius 2 is 0.229 bits per heavy atom. The molecule has 0 radical (unpaired) electrons. The van der Waals surface area contributed by atoms with Gasteiger partial charge in [0, 0.05) is 40.3 Å². The van der Waals surface area contributed by atoms with Crippen LogP contribution in [0.25, 0.3) is 0 Å². The highest BCUT2D eigenvalue weighted by atomic mass is 32.2. The summed E-state index contributed by atoms with van der Waals surface area (Å²) < 4.78 is 94.8. The molecule has 21 saturated heterocycles. The summed E-state index contributed by atoms with van der Waals surface area (Å²) in [6.45, 7) is 4.30. The maximum Gasteiger partial charge on any atom is 0.187 e. The van der Waals surface area contributed by atoms with Gasteiger partial charge in [0.25, 0.3) is 0 Å². The third kappa shape index (κ3) is 43.8. The van der Waals surface area contributed by atoms with Crippen molar-refractivity contribution in [3.63, 3.8) is 0 Å². The van der Waals surface area contributed by atoms with E-state index < -0.39 is 215 Å². The fraction of sp³-hybridized carbons (Fsp3) is 1.00. The lowest BCUT2D eigenvalue weighted by atomic mass is 9.95. The molecular weight excluding hydrogens is 1950 g/mol. The molecule has 21 fully saturated rings. The van der Waals surface area contributed by atoms with Gasteiger partial charge in [0.05, 0.1) is 42.7 Å². The molecule has 140 heavy (non-hydrogen) atoms. The number of aliphatic hydroxyl groups is 14. The lowest BCUT2D eigenvalue weighted by Crippen LogP contribution is -2.68. The van der Waals surface area contributed by atoms with Crippen LogP contribution in [-0.4, -0.2) is 413 Å². The van der Waals surface area contributed by atoms with Crippen LogP contribution >= 0.6 is 82.3 Å². The van der Waals surface area contributed by atoms with Gasteiger partial charge in [-0.15, -0.1) is 0 Å². The second kappa shape index (κ2) is 75.0. The zero-order valence-electron chi connectivity index (χ0n) is 83.6. The predicted octanol–water partition coefficient (Wildman–Crippen LogP) is 6.05. The minimum Gasteiger partial charge on any atom is -0.387 e. The Kier molecular flexibility index (Phi) is 67.6.